The summed E-state index contributed by atoms with van der Waals surface area (Å²) in [7, 11) is 0. The van der Waals surface area contributed by atoms with Crippen LogP contribution in [0.1, 0.15) is 102 Å². The summed E-state index contributed by atoms with van der Waals surface area (Å²) >= 11 is 0. The summed E-state index contributed by atoms with van der Waals surface area (Å²) in [5.74, 6) is -3.22. The maximum atomic E-state index is 14.1. The zero-order valence-corrected chi connectivity index (χ0v) is 17.3. The van der Waals surface area contributed by atoms with Gasteiger partial charge in [0.05, 0.1) is 5.56 Å². The Bertz CT molecular complexity index is 609. The van der Waals surface area contributed by atoms with Gasteiger partial charge in [0.25, 0.3) is 5.92 Å². The SMILES string of the molecule is CCCCC1CCC(C2CCC(c3cc(F)c(C(C)(F)F)c(F)c3)CC2)CC1. The second kappa shape index (κ2) is 9.17. The molecule has 2 saturated carbocycles. The van der Waals surface area contributed by atoms with Gasteiger partial charge in [-0.1, -0.05) is 39.0 Å². The molecule has 0 radical (unpaired) electrons. The first-order valence-electron chi connectivity index (χ1n) is 11.2. The fraction of sp³-hybridized carbons (Fsp3) is 0.750. The lowest BCUT2D eigenvalue weighted by Crippen LogP contribution is -2.25. The molecule has 2 aliphatic carbocycles. The Morgan fingerprint density at radius 2 is 1.36 bits per heavy atom. The predicted octanol–water partition coefficient (Wildman–Crippen LogP) is 8.35. The van der Waals surface area contributed by atoms with Gasteiger partial charge in [0.1, 0.15) is 11.6 Å². The molecule has 0 nitrogen and oxygen atoms in total. The van der Waals surface area contributed by atoms with Crippen molar-refractivity contribution in [2.24, 2.45) is 17.8 Å². The van der Waals surface area contributed by atoms with Crippen molar-refractivity contribution in [1.29, 1.82) is 0 Å². The van der Waals surface area contributed by atoms with Crippen LogP contribution in [0.25, 0.3) is 0 Å². The van der Waals surface area contributed by atoms with Crippen molar-refractivity contribution in [2.75, 3.05) is 0 Å². The van der Waals surface area contributed by atoms with E-state index in [9.17, 15) is 17.6 Å². The third-order valence-electron chi connectivity index (χ3n) is 7.27. The fourth-order valence-electron chi connectivity index (χ4n) is 5.61. The monoisotopic (exact) mass is 398 g/mol. The molecule has 0 N–H and O–H groups in total. The molecule has 0 atom stereocenters. The van der Waals surface area contributed by atoms with E-state index in [1.165, 1.54) is 44.9 Å². The lowest BCUT2D eigenvalue weighted by Gasteiger charge is -2.38. The van der Waals surface area contributed by atoms with E-state index in [1.807, 2.05) is 0 Å². The van der Waals surface area contributed by atoms with E-state index in [4.69, 9.17) is 0 Å². The van der Waals surface area contributed by atoms with Crippen molar-refractivity contribution in [3.63, 3.8) is 0 Å². The number of halogens is 4. The summed E-state index contributed by atoms with van der Waals surface area (Å²) in [6.45, 7) is 2.79. The number of alkyl halides is 2. The van der Waals surface area contributed by atoms with Crippen LogP contribution in [0, 0.1) is 29.4 Å². The second-order valence-electron chi connectivity index (χ2n) is 9.28. The average molecular weight is 399 g/mol. The molecule has 1 aromatic carbocycles. The Hall–Kier alpha value is -1.06. The van der Waals surface area contributed by atoms with Crippen LogP contribution in [0.5, 0.6) is 0 Å². The Labute approximate surface area is 167 Å². The van der Waals surface area contributed by atoms with Gasteiger partial charge in [-0.2, -0.15) is 0 Å². The van der Waals surface area contributed by atoms with Crippen LogP contribution in [0.4, 0.5) is 17.6 Å². The Balaban J connectivity index is 1.55. The molecule has 0 amide bonds. The van der Waals surface area contributed by atoms with Crippen molar-refractivity contribution in [3.05, 3.63) is 34.9 Å². The van der Waals surface area contributed by atoms with Crippen LogP contribution < -0.4 is 0 Å². The lowest BCUT2D eigenvalue weighted by atomic mass is 9.68. The standard InChI is InChI=1S/C24H34F4/c1-3-4-5-16-6-8-17(9-7-16)18-10-12-19(13-11-18)20-14-21(25)23(22(26)15-20)24(2,27)28/h14-19H,3-13H2,1-2H3. The van der Waals surface area contributed by atoms with Crippen LogP contribution >= 0.6 is 0 Å². The normalized spacial score (nSPS) is 29.1. The highest BCUT2D eigenvalue weighted by atomic mass is 19.3. The van der Waals surface area contributed by atoms with Gasteiger partial charge in [0.15, 0.2) is 0 Å². The van der Waals surface area contributed by atoms with Crippen molar-refractivity contribution < 1.29 is 17.6 Å². The van der Waals surface area contributed by atoms with Crippen LogP contribution in [-0.2, 0) is 5.92 Å². The molecule has 3 rings (SSSR count). The molecule has 0 saturated heterocycles. The average Bonchev–Trinajstić information content (AvgIpc) is 2.65. The van der Waals surface area contributed by atoms with Crippen molar-refractivity contribution in [3.8, 4) is 0 Å². The molecule has 2 aliphatic rings. The third-order valence-corrected chi connectivity index (χ3v) is 7.27. The summed E-state index contributed by atoms with van der Waals surface area (Å²) in [5, 5.41) is 0. The second-order valence-corrected chi connectivity index (χ2v) is 9.28. The van der Waals surface area contributed by atoms with Gasteiger partial charge < -0.3 is 0 Å². The molecule has 1 aromatic rings. The zero-order chi connectivity index (χ0) is 20.3. The molecule has 158 valence electrons. The molecule has 0 unspecified atom stereocenters. The third kappa shape index (κ3) is 5.10. The van der Waals surface area contributed by atoms with Gasteiger partial charge in [-0.3, -0.25) is 0 Å². The van der Waals surface area contributed by atoms with Gasteiger partial charge in [-0.25, -0.2) is 17.6 Å². The molecular weight excluding hydrogens is 364 g/mol. The minimum atomic E-state index is -3.50. The van der Waals surface area contributed by atoms with Crippen LogP contribution in [0.3, 0.4) is 0 Å². The van der Waals surface area contributed by atoms with E-state index in [1.54, 1.807) is 0 Å². The van der Waals surface area contributed by atoms with Gasteiger partial charge in [-0.15, -0.1) is 0 Å². The van der Waals surface area contributed by atoms with Crippen molar-refractivity contribution >= 4 is 0 Å². The first-order chi connectivity index (χ1) is 13.3. The summed E-state index contributed by atoms with van der Waals surface area (Å²) < 4.78 is 55.1. The summed E-state index contributed by atoms with van der Waals surface area (Å²) in [6, 6.07) is 2.28. The van der Waals surface area contributed by atoms with Crippen LogP contribution in [0.2, 0.25) is 0 Å². The number of benzene rings is 1. The molecule has 0 bridgehead atoms. The topological polar surface area (TPSA) is 0 Å². The highest BCUT2D eigenvalue weighted by Gasteiger charge is 2.35. The molecule has 4 heteroatoms. The molecular formula is C24H34F4. The highest BCUT2D eigenvalue weighted by molar-refractivity contribution is 5.31. The lowest BCUT2D eigenvalue weighted by molar-refractivity contribution is 0.00978. The molecule has 0 heterocycles. The Morgan fingerprint density at radius 1 is 0.857 bits per heavy atom. The van der Waals surface area contributed by atoms with E-state index in [2.05, 4.69) is 6.92 Å². The van der Waals surface area contributed by atoms with E-state index in [0.29, 0.717) is 12.5 Å². The van der Waals surface area contributed by atoms with Gasteiger partial charge in [0, 0.05) is 6.92 Å². The fourth-order valence-corrected chi connectivity index (χ4v) is 5.61. The first kappa shape index (κ1) is 21.6. The van der Waals surface area contributed by atoms with E-state index >= 15 is 0 Å². The van der Waals surface area contributed by atoms with Crippen LogP contribution in [0.15, 0.2) is 12.1 Å². The maximum Gasteiger partial charge on any atom is 0.276 e. The Morgan fingerprint density at radius 3 is 1.82 bits per heavy atom. The van der Waals surface area contributed by atoms with E-state index in [-0.39, 0.29) is 5.92 Å². The Kier molecular flexibility index (Phi) is 7.09. The molecule has 2 fully saturated rings. The largest absolute Gasteiger partial charge is 0.276 e. The summed E-state index contributed by atoms with van der Waals surface area (Å²) in [5.41, 5.74) is -0.561. The molecule has 0 aliphatic heterocycles. The predicted molar refractivity (Wildman–Crippen MR) is 106 cm³/mol. The number of rotatable bonds is 6. The molecule has 0 aromatic heterocycles. The molecule has 0 spiro atoms. The minimum Gasteiger partial charge on any atom is -0.206 e. The van der Waals surface area contributed by atoms with Crippen molar-refractivity contribution in [2.45, 2.75) is 96.3 Å². The zero-order valence-electron chi connectivity index (χ0n) is 17.3. The minimum absolute atomic E-state index is 0.0840. The number of hydrogen-bond donors (Lipinski definition) is 0. The van der Waals surface area contributed by atoms with E-state index in [0.717, 1.165) is 55.6 Å². The highest BCUT2D eigenvalue weighted by Crippen LogP contribution is 2.45. The molecule has 28 heavy (non-hydrogen) atoms. The number of hydrogen-bond acceptors (Lipinski definition) is 0. The van der Waals surface area contributed by atoms with Crippen molar-refractivity contribution in [1.82, 2.24) is 0 Å². The quantitative estimate of drug-likeness (QED) is 0.422. The summed E-state index contributed by atoms with van der Waals surface area (Å²) in [4.78, 5) is 0. The number of unbranched alkanes of at least 4 members (excludes halogenated alkanes) is 1. The summed E-state index contributed by atoms with van der Waals surface area (Å²) in [6.07, 6.45) is 13.3. The smallest absolute Gasteiger partial charge is 0.206 e. The van der Waals surface area contributed by atoms with Gasteiger partial charge in [-0.05, 0) is 79.9 Å². The van der Waals surface area contributed by atoms with Gasteiger partial charge in [0.2, 0.25) is 0 Å². The van der Waals surface area contributed by atoms with Gasteiger partial charge >= 0.3 is 0 Å². The maximum absolute atomic E-state index is 14.1. The van der Waals surface area contributed by atoms with Crippen LogP contribution in [-0.4, -0.2) is 0 Å². The first-order valence-corrected chi connectivity index (χ1v) is 11.2. The van der Waals surface area contributed by atoms with E-state index < -0.39 is 23.1 Å².